The molecule has 0 bridgehead atoms. The average molecular weight is 292 g/mol. The minimum Gasteiger partial charge on any atom is -0.404 e. The van der Waals surface area contributed by atoms with E-state index < -0.39 is 11.4 Å². The normalized spacial score (nSPS) is 22.1. The number of nitrogens with zero attached hydrogens (tertiary/aromatic N) is 2. The first-order valence-corrected chi connectivity index (χ1v) is 7.69. The summed E-state index contributed by atoms with van der Waals surface area (Å²) in [6, 6.07) is 0. The number of H-pyrrole nitrogens is 1. The second kappa shape index (κ2) is 7.24. The minimum atomic E-state index is -0.513. The van der Waals surface area contributed by atoms with Crippen molar-refractivity contribution in [3.05, 3.63) is 33.0 Å². The Hall–Kier alpha value is -1.85. The number of rotatable bonds is 6. The topological polar surface area (TPSA) is 93.8 Å². The van der Waals surface area contributed by atoms with Crippen molar-refractivity contribution in [2.45, 2.75) is 52.0 Å². The molecule has 2 unspecified atom stereocenters. The molecule has 6 heteroatoms. The van der Waals surface area contributed by atoms with Crippen molar-refractivity contribution in [3.8, 4) is 0 Å². The Labute approximate surface area is 124 Å². The summed E-state index contributed by atoms with van der Waals surface area (Å²) in [5.41, 5.74) is 4.28. The number of hydrogen-bond acceptors (Lipinski definition) is 4. The van der Waals surface area contributed by atoms with E-state index in [0.29, 0.717) is 6.54 Å². The maximum Gasteiger partial charge on any atom is 0.353 e. The van der Waals surface area contributed by atoms with Crippen LogP contribution in [-0.2, 0) is 6.54 Å². The Balaban J connectivity index is 1.86. The van der Waals surface area contributed by atoms with Gasteiger partial charge < -0.3 is 5.73 Å². The zero-order chi connectivity index (χ0) is 15.2. The van der Waals surface area contributed by atoms with Gasteiger partial charge in [-0.05, 0) is 37.0 Å². The fraction of sp³-hybridized carbons (Fsp3) is 0.667. The van der Waals surface area contributed by atoms with Gasteiger partial charge in [0.2, 0.25) is 0 Å². The summed E-state index contributed by atoms with van der Waals surface area (Å²) in [6.45, 7) is 2.73. The van der Waals surface area contributed by atoms with E-state index in [9.17, 15) is 9.59 Å². The van der Waals surface area contributed by atoms with Crippen molar-refractivity contribution >= 4 is 6.08 Å². The Morgan fingerprint density at radius 2 is 2.19 bits per heavy atom. The average Bonchev–Trinajstić information content (AvgIpc) is 2.83. The third kappa shape index (κ3) is 4.31. The van der Waals surface area contributed by atoms with Gasteiger partial charge in [0, 0.05) is 6.54 Å². The Morgan fingerprint density at radius 3 is 2.81 bits per heavy atom. The van der Waals surface area contributed by atoms with E-state index in [-0.39, 0.29) is 5.82 Å². The molecule has 2 rings (SSSR count). The molecule has 116 valence electrons. The maximum atomic E-state index is 11.8. The zero-order valence-electron chi connectivity index (χ0n) is 12.5. The lowest BCUT2D eigenvalue weighted by Crippen LogP contribution is -2.37. The van der Waals surface area contributed by atoms with Gasteiger partial charge in [0.05, 0.1) is 0 Å². The highest BCUT2D eigenvalue weighted by atomic mass is 16.2. The molecule has 1 fully saturated rings. The van der Waals surface area contributed by atoms with Gasteiger partial charge in [-0.3, -0.25) is 4.98 Å². The van der Waals surface area contributed by atoms with E-state index in [0.717, 1.165) is 29.2 Å². The van der Waals surface area contributed by atoms with Gasteiger partial charge in [-0.25, -0.2) is 14.2 Å². The minimum absolute atomic E-state index is 0.198. The van der Waals surface area contributed by atoms with Crippen LogP contribution >= 0.6 is 0 Å². The molecular weight excluding hydrogens is 268 g/mol. The third-order valence-electron chi connectivity index (χ3n) is 4.23. The van der Waals surface area contributed by atoms with Crippen LogP contribution in [0, 0.1) is 11.8 Å². The van der Waals surface area contributed by atoms with Gasteiger partial charge in [-0.15, -0.1) is 0 Å². The maximum absolute atomic E-state index is 11.8. The van der Waals surface area contributed by atoms with Crippen molar-refractivity contribution < 1.29 is 0 Å². The number of aromatic nitrogens is 3. The standard InChI is InChI=1S/C15H24N4O2/c1-11-5-6-12(10-11)4-2-3-9-19-14(20)17-13(7-8-16)18-15(19)21/h7-8,11-12H,2-6,9-10,16H2,1H3,(H,17,18,20,21). The van der Waals surface area contributed by atoms with E-state index in [4.69, 9.17) is 5.73 Å². The highest BCUT2D eigenvalue weighted by Crippen LogP contribution is 2.33. The van der Waals surface area contributed by atoms with Crippen molar-refractivity contribution in [1.82, 2.24) is 14.5 Å². The summed E-state index contributed by atoms with van der Waals surface area (Å²) in [7, 11) is 0. The molecule has 0 spiro atoms. The Morgan fingerprint density at radius 1 is 1.38 bits per heavy atom. The highest BCUT2D eigenvalue weighted by molar-refractivity contribution is 5.37. The van der Waals surface area contributed by atoms with E-state index in [2.05, 4.69) is 16.9 Å². The van der Waals surface area contributed by atoms with Gasteiger partial charge in [0.15, 0.2) is 0 Å². The molecule has 0 aromatic carbocycles. The van der Waals surface area contributed by atoms with Crippen LogP contribution in [-0.4, -0.2) is 14.5 Å². The van der Waals surface area contributed by atoms with Crippen LogP contribution in [0.4, 0.5) is 0 Å². The summed E-state index contributed by atoms with van der Waals surface area (Å²) in [6.07, 6.45) is 9.70. The summed E-state index contributed by atoms with van der Waals surface area (Å²) in [4.78, 5) is 29.9. The van der Waals surface area contributed by atoms with Gasteiger partial charge >= 0.3 is 11.4 Å². The van der Waals surface area contributed by atoms with Crippen molar-refractivity contribution in [1.29, 1.82) is 0 Å². The van der Waals surface area contributed by atoms with Gasteiger partial charge in [0.25, 0.3) is 0 Å². The first-order chi connectivity index (χ1) is 10.1. The second-order valence-corrected chi connectivity index (χ2v) is 6.00. The lowest BCUT2D eigenvalue weighted by atomic mass is 9.99. The molecule has 3 N–H and O–H groups in total. The Bertz CT molecular complexity index is 571. The summed E-state index contributed by atoms with van der Waals surface area (Å²) in [5.74, 6) is 1.88. The highest BCUT2D eigenvalue weighted by Gasteiger charge is 2.20. The van der Waals surface area contributed by atoms with Crippen LogP contribution < -0.4 is 17.1 Å². The molecule has 6 nitrogen and oxygen atoms in total. The van der Waals surface area contributed by atoms with Crippen LogP contribution in [0.15, 0.2) is 15.8 Å². The van der Waals surface area contributed by atoms with E-state index in [1.54, 1.807) is 0 Å². The number of nitrogens with one attached hydrogen (secondary N) is 1. The fourth-order valence-corrected chi connectivity index (χ4v) is 3.11. The summed E-state index contributed by atoms with van der Waals surface area (Å²) in [5, 5.41) is 0. The molecule has 1 saturated carbocycles. The second-order valence-electron chi connectivity index (χ2n) is 6.00. The van der Waals surface area contributed by atoms with Crippen molar-refractivity contribution in [3.63, 3.8) is 0 Å². The Kier molecular flexibility index (Phi) is 5.36. The quantitative estimate of drug-likeness (QED) is 0.776. The van der Waals surface area contributed by atoms with Crippen LogP contribution in [0.2, 0.25) is 0 Å². The molecule has 21 heavy (non-hydrogen) atoms. The summed E-state index contributed by atoms with van der Waals surface area (Å²) >= 11 is 0. The molecule has 1 aliphatic carbocycles. The third-order valence-corrected chi connectivity index (χ3v) is 4.23. The van der Waals surface area contributed by atoms with Crippen molar-refractivity contribution in [2.75, 3.05) is 0 Å². The predicted octanol–water partition coefficient (Wildman–Crippen LogP) is 1.47. The molecule has 0 aliphatic heterocycles. The number of hydrogen-bond donors (Lipinski definition) is 2. The van der Waals surface area contributed by atoms with E-state index in [1.807, 2.05) is 0 Å². The molecule has 1 aromatic heterocycles. The zero-order valence-corrected chi connectivity index (χ0v) is 12.5. The van der Waals surface area contributed by atoms with Crippen molar-refractivity contribution in [2.24, 2.45) is 17.6 Å². The summed E-state index contributed by atoms with van der Waals surface area (Å²) < 4.78 is 1.16. The lowest BCUT2D eigenvalue weighted by molar-refractivity contribution is 0.438. The largest absolute Gasteiger partial charge is 0.404 e. The molecule has 1 heterocycles. The first-order valence-electron chi connectivity index (χ1n) is 7.69. The van der Waals surface area contributed by atoms with Gasteiger partial charge in [-0.1, -0.05) is 32.6 Å². The molecule has 1 aromatic rings. The number of aromatic amines is 1. The van der Waals surface area contributed by atoms with Gasteiger partial charge in [-0.2, -0.15) is 4.98 Å². The smallest absolute Gasteiger partial charge is 0.353 e. The number of unbranched alkanes of at least 4 members (excludes halogenated alkanes) is 1. The SMILES string of the molecule is CC1CCC(CCCCn2c(=O)nc(C=CN)[nH]c2=O)C1. The fourth-order valence-electron chi connectivity index (χ4n) is 3.11. The molecular formula is C15H24N4O2. The first kappa shape index (κ1) is 15.5. The molecule has 1 aliphatic rings. The number of nitrogens with two attached hydrogens (primary N) is 1. The van der Waals surface area contributed by atoms with Crippen LogP contribution in [0.1, 0.15) is 51.3 Å². The monoisotopic (exact) mass is 292 g/mol. The van der Waals surface area contributed by atoms with E-state index in [1.165, 1.54) is 38.0 Å². The van der Waals surface area contributed by atoms with Crippen LogP contribution in [0.5, 0.6) is 0 Å². The molecule has 0 radical (unpaired) electrons. The molecule has 0 saturated heterocycles. The van der Waals surface area contributed by atoms with Crippen LogP contribution in [0.3, 0.4) is 0 Å². The molecule has 2 atom stereocenters. The van der Waals surface area contributed by atoms with Gasteiger partial charge in [0.1, 0.15) is 5.82 Å². The van der Waals surface area contributed by atoms with Crippen LogP contribution in [0.25, 0.3) is 6.08 Å². The molecule has 0 amide bonds. The lowest BCUT2D eigenvalue weighted by Gasteiger charge is -2.09. The van der Waals surface area contributed by atoms with E-state index >= 15 is 0 Å². The predicted molar refractivity (Wildman–Crippen MR) is 82.7 cm³/mol.